The molecule has 2 aromatic heterocycles. The van der Waals surface area contributed by atoms with Gasteiger partial charge in [-0.25, -0.2) is 9.97 Å². The number of likely N-dealkylation sites (tertiary alicyclic amines) is 1. The van der Waals surface area contributed by atoms with Gasteiger partial charge in [0.05, 0.1) is 12.7 Å². The Morgan fingerprint density at radius 3 is 2.73 bits per heavy atom. The lowest BCUT2D eigenvalue weighted by molar-refractivity contribution is -0.117. The molecule has 0 atom stereocenters. The van der Waals surface area contributed by atoms with Gasteiger partial charge in [-0.3, -0.25) is 9.69 Å². The van der Waals surface area contributed by atoms with Crippen LogP contribution < -0.4 is 5.32 Å². The molecule has 6 nitrogen and oxygen atoms in total. The van der Waals surface area contributed by atoms with E-state index in [9.17, 15) is 4.79 Å². The van der Waals surface area contributed by atoms with Crippen molar-refractivity contribution < 1.29 is 9.21 Å². The van der Waals surface area contributed by atoms with Gasteiger partial charge in [0.25, 0.3) is 0 Å². The van der Waals surface area contributed by atoms with Crippen LogP contribution in [0.1, 0.15) is 25.2 Å². The molecular weight excluding hydrogens is 328 g/mol. The number of fused-ring (bicyclic) bond motifs is 1. The van der Waals surface area contributed by atoms with E-state index in [2.05, 4.69) is 20.2 Å². The van der Waals surface area contributed by atoms with Crippen molar-refractivity contribution in [3.8, 4) is 11.3 Å². The third kappa shape index (κ3) is 3.75. The standard InChI is InChI=1S/C20H22N4O2/c1-14-21-12-18(26-14)15-5-6-16-11-22-19(10-17(16)9-15)23-20(25)13-24-7-3-2-4-8-24/h5-6,9-12H,2-4,7-8,13H2,1H3,(H,22,23,25). The Morgan fingerprint density at radius 1 is 1.12 bits per heavy atom. The van der Waals surface area contributed by atoms with Gasteiger partial charge in [-0.15, -0.1) is 0 Å². The maximum Gasteiger partial charge on any atom is 0.239 e. The third-order valence-corrected chi connectivity index (χ3v) is 4.71. The molecule has 4 rings (SSSR count). The van der Waals surface area contributed by atoms with E-state index < -0.39 is 0 Å². The first-order chi connectivity index (χ1) is 12.7. The van der Waals surface area contributed by atoms with E-state index in [1.54, 1.807) is 12.4 Å². The van der Waals surface area contributed by atoms with E-state index in [4.69, 9.17) is 4.42 Å². The number of carbonyl (C=O) groups excluding carboxylic acids is 1. The topological polar surface area (TPSA) is 71.3 Å². The number of piperidine rings is 1. The van der Waals surface area contributed by atoms with Crippen molar-refractivity contribution in [2.45, 2.75) is 26.2 Å². The Bertz CT molecular complexity index is 928. The van der Waals surface area contributed by atoms with E-state index >= 15 is 0 Å². The lowest BCUT2D eigenvalue weighted by atomic mass is 10.1. The minimum absolute atomic E-state index is 0.0132. The molecule has 1 aliphatic heterocycles. The van der Waals surface area contributed by atoms with Gasteiger partial charge in [-0.2, -0.15) is 0 Å². The molecule has 1 aliphatic rings. The lowest BCUT2D eigenvalue weighted by Gasteiger charge is -2.25. The molecule has 1 fully saturated rings. The SMILES string of the molecule is Cc1ncc(-c2ccc3cnc(NC(=O)CN4CCCCC4)cc3c2)o1. The summed E-state index contributed by atoms with van der Waals surface area (Å²) in [6.07, 6.45) is 7.11. The Labute approximate surface area is 152 Å². The third-order valence-electron chi connectivity index (χ3n) is 4.71. The van der Waals surface area contributed by atoms with Crippen LogP contribution in [-0.4, -0.2) is 40.4 Å². The highest BCUT2D eigenvalue weighted by atomic mass is 16.4. The number of oxazole rings is 1. The average Bonchev–Trinajstić information content (AvgIpc) is 3.08. The molecule has 0 unspecified atom stereocenters. The van der Waals surface area contributed by atoms with Crippen molar-refractivity contribution in [1.29, 1.82) is 0 Å². The van der Waals surface area contributed by atoms with Gasteiger partial charge in [-0.05, 0) is 43.5 Å². The molecule has 1 N–H and O–H groups in total. The largest absolute Gasteiger partial charge is 0.441 e. The zero-order chi connectivity index (χ0) is 17.9. The number of aryl methyl sites for hydroxylation is 1. The summed E-state index contributed by atoms with van der Waals surface area (Å²) in [5.74, 6) is 1.93. The van der Waals surface area contributed by atoms with Crippen molar-refractivity contribution in [2.24, 2.45) is 0 Å². The first-order valence-corrected chi connectivity index (χ1v) is 9.02. The molecule has 1 aromatic carbocycles. The first kappa shape index (κ1) is 16.7. The van der Waals surface area contributed by atoms with Crippen molar-refractivity contribution in [1.82, 2.24) is 14.9 Å². The minimum Gasteiger partial charge on any atom is -0.441 e. The molecule has 0 radical (unpaired) electrons. The van der Waals surface area contributed by atoms with Crippen molar-refractivity contribution in [3.05, 3.63) is 42.5 Å². The van der Waals surface area contributed by atoms with E-state index in [-0.39, 0.29) is 5.91 Å². The number of rotatable bonds is 4. The molecule has 3 aromatic rings. The predicted molar refractivity (Wildman–Crippen MR) is 101 cm³/mol. The van der Waals surface area contributed by atoms with E-state index in [1.165, 1.54) is 19.3 Å². The summed E-state index contributed by atoms with van der Waals surface area (Å²) in [4.78, 5) is 23.0. The minimum atomic E-state index is -0.0132. The van der Waals surface area contributed by atoms with Crippen molar-refractivity contribution in [3.63, 3.8) is 0 Å². The fourth-order valence-corrected chi connectivity index (χ4v) is 3.36. The summed E-state index contributed by atoms with van der Waals surface area (Å²) < 4.78 is 5.60. The van der Waals surface area contributed by atoms with Crippen LogP contribution in [0, 0.1) is 6.92 Å². The average molecular weight is 350 g/mol. The molecular formula is C20H22N4O2. The molecule has 6 heteroatoms. The van der Waals surface area contributed by atoms with Gasteiger partial charge in [0.2, 0.25) is 5.91 Å². The predicted octanol–water partition coefficient (Wildman–Crippen LogP) is 3.62. The Kier molecular flexibility index (Phi) is 4.67. The number of benzene rings is 1. The molecule has 0 aliphatic carbocycles. The van der Waals surface area contributed by atoms with E-state index in [0.717, 1.165) is 35.2 Å². The molecule has 26 heavy (non-hydrogen) atoms. The van der Waals surface area contributed by atoms with Gasteiger partial charge in [-0.1, -0.05) is 18.6 Å². The summed E-state index contributed by atoms with van der Waals surface area (Å²) in [6.45, 7) is 4.25. The van der Waals surface area contributed by atoms with Crippen LogP contribution in [0.4, 0.5) is 5.82 Å². The number of aromatic nitrogens is 2. The summed E-state index contributed by atoms with van der Waals surface area (Å²) in [5.41, 5.74) is 0.954. The van der Waals surface area contributed by atoms with Gasteiger partial charge in [0.15, 0.2) is 11.7 Å². The molecule has 134 valence electrons. The molecule has 0 bridgehead atoms. The van der Waals surface area contributed by atoms with E-state index in [1.807, 2.05) is 31.2 Å². The number of hydrogen-bond donors (Lipinski definition) is 1. The lowest BCUT2D eigenvalue weighted by Crippen LogP contribution is -2.36. The normalized spacial score (nSPS) is 15.3. The molecule has 1 saturated heterocycles. The fraction of sp³-hybridized carbons (Fsp3) is 0.350. The number of anilines is 1. The number of nitrogens with zero attached hydrogens (tertiary/aromatic N) is 3. The Hall–Kier alpha value is -2.73. The van der Waals surface area contributed by atoms with Crippen molar-refractivity contribution in [2.75, 3.05) is 25.0 Å². The second-order valence-electron chi connectivity index (χ2n) is 6.76. The first-order valence-electron chi connectivity index (χ1n) is 9.02. The highest BCUT2D eigenvalue weighted by Gasteiger charge is 2.14. The second-order valence-corrected chi connectivity index (χ2v) is 6.76. The second kappa shape index (κ2) is 7.25. The molecule has 3 heterocycles. The van der Waals surface area contributed by atoms with Gasteiger partial charge < -0.3 is 9.73 Å². The van der Waals surface area contributed by atoms with Crippen LogP contribution >= 0.6 is 0 Å². The highest BCUT2D eigenvalue weighted by molar-refractivity contribution is 5.94. The number of nitrogens with one attached hydrogen (secondary N) is 1. The summed E-state index contributed by atoms with van der Waals surface area (Å²) in [7, 11) is 0. The smallest absolute Gasteiger partial charge is 0.239 e. The van der Waals surface area contributed by atoms with Crippen LogP contribution in [0.3, 0.4) is 0 Å². The van der Waals surface area contributed by atoms with Crippen LogP contribution in [0.25, 0.3) is 22.1 Å². The number of pyridine rings is 1. The van der Waals surface area contributed by atoms with Gasteiger partial charge in [0, 0.05) is 24.1 Å². The van der Waals surface area contributed by atoms with Crippen molar-refractivity contribution >= 4 is 22.5 Å². The molecule has 0 spiro atoms. The van der Waals surface area contributed by atoms with Gasteiger partial charge in [0.1, 0.15) is 5.82 Å². The Morgan fingerprint density at radius 2 is 1.96 bits per heavy atom. The number of hydrogen-bond acceptors (Lipinski definition) is 5. The molecule has 0 saturated carbocycles. The summed E-state index contributed by atoms with van der Waals surface area (Å²) in [6, 6.07) is 7.90. The summed E-state index contributed by atoms with van der Waals surface area (Å²) >= 11 is 0. The molecule has 1 amide bonds. The van der Waals surface area contributed by atoms with Gasteiger partial charge >= 0.3 is 0 Å². The maximum atomic E-state index is 12.3. The van der Waals surface area contributed by atoms with Crippen LogP contribution in [0.15, 0.2) is 41.1 Å². The zero-order valence-electron chi connectivity index (χ0n) is 14.9. The maximum absolute atomic E-state index is 12.3. The number of carbonyl (C=O) groups is 1. The number of amides is 1. The quantitative estimate of drug-likeness (QED) is 0.778. The highest BCUT2D eigenvalue weighted by Crippen LogP contribution is 2.26. The van der Waals surface area contributed by atoms with Crippen LogP contribution in [-0.2, 0) is 4.79 Å². The monoisotopic (exact) mass is 350 g/mol. The van der Waals surface area contributed by atoms with Crippen LogP contribution in [0.5, 0.6) is 0 Å². The summed E-state index contributed by atoms with van der Waals surface area (Å²) in [5, 5.41) is 4.93. The Balaban J connectivity index is 1.51. The fourth-order valence-electron chi connectivity index (χ4n) is 3.36. The zero-order valence-corrected chi connectivity index (χ0v) is 14.9. The van der Waals surface area contributed by atoms with E-state index in [0.29, 0.717) is 18.3 Å². The van der Waals surface area contributed by atoms with Crippen LogP contribution in [0.2, 0.25) is 0 Å².